The van der Waals surface area contributed by atoms with Crippen LogP contribution in [0.1, 0.15) is 29.4 Å². The average Bonchev–Trinajstić information content (AvgIpc) is 2.92. The molecule has 2 aromatic rings. The highest BCUT2D eigenvalue weighted by molar-refractivity contribution is 5.75. The third kappa shape index (κ3) is 4.85. The lowest BCUT2D eigenvalue weighted by Crippen LogP contribution is -2.35. The molecule has 0 bridgehead atoms. The maximum Gasteiger partial charge on any atom is 0.221 e. The molecule has 0 aliphatic carbocycles. The third-order valence-corrected chi connectivity index (χ3v) is 3.84. The molecule has 0 fully saturated rings. The Kier molecular flexibility index (Phi) is 5.81. The summed E-state index contributed by atoms with van der Waals surface area (Å²) in [5.41, 5.74) is 2.42. The molecule has 124 valence electrons. The number of carbonyl (C=O) groups is 1. The molecule has 0 aliphatic heterocycles. The second kappa shape index (κ2) is 7.82. The van der Waals surface area contributed by atoms with Gasteiger partial charge in [0.15, 0.2) is 0 Å². The van der Waals surface area contributed by atoms with Crippen molar-refractivity contribution in [3.05, 3.63) is 41.2 Å². The first-order chi connectivity index (χ1) is 11.0. The number of benzene rings is 1. The van der Waals surface area contributed by atoms with Gasteiger partial charge in [0.2, 0.25) is 5.91 Å². The summed E-state index contributed by atoms with van der Waals surface area (Å²) < 4.78 is 1.63. The van der Waals surface area contributed by atoms with Crippen LogP contribution in [0.5, 0.6) is 0 Å². The molecular formula is C16H24N6O. The van der Waals surface area contributed by atoms with Gasteiger partial charge in [-0.25, -0.2) is 4.68 Å². The van der Waals surface area contributed by atoms with Gasteiger partial charge in [-0.2, -0.15) is 0 Å². The molecule has 1 amide bonds. The summed E-state index contributed by atoms with van der Waals surface area (Å²) in [4.78, 5) is 14.2. The normalized spacial score (nSPS) is 12.4. The first-order valence-electron chi connectivity index (χ1n) is 7.70. The first-order valence-corrected chi connectivity index (χ1v) is 7.70. The van der Waals surface area contributed by atoms with Crippen molar-refractivity contribution in [2.24, 2.45) is 0 Å². The zero-order chi connectivity index (χ0) is 16.8. The number of amides is 1. The fraction of sp³-hybridized carbons (Fsp3) is 0.500. The van der Waals surface area contributed by atoms with E-state index in [1.54, 1.807) is 4.68 Å². The van der Waals surface area contributed by atoms with Gasteiger partial charge in [-0.3, -0.25) is 4.79 Å². The standard InChI is InChI=1S/C16H24N6O/c1-12-5-7-14(8-6-12)15(21(3)4)11-17-16(23)9-10-22-13(2)18-19-20-22/h5-8,15H,9-11H2,1-4H3,(H,17,23)/t15-/m0/s1. The van der Waals surface area contributed by atoms with E-state index >= 15 is 0 Å². The van der Waals surface area contributed by atoms with Crippen molar-refractivity contribution in [3.8, 4) is 0 Å². The van der Waals surface area contributed by atoms with E-state index in [1.807, 2.05) is 21.0 Å². The van der Waals surface area contributed by atoms with Crippen molar-refractivity contribution in [3.63, 3.8) is 0 Å². The van der Waals surface area contributed by atoms with Crippen LogP contribution in [-0.2, 0) is 11.3 Å². The largest absolute Gasteiger partial charge is 0.354 e. The predicted molar refractivity (Wildman–Crippen MR) is 87.8 cm³/mol. The lowest BCUT2D eigenvalue weighted by atomic mass is 10.0. The van der Waals surface area contributed by atoms with E-state index in [2.05, 4.69) is 56.9 Å². The molecule has 0 radical (unpaired) electrons. The second-order valence-electron chi connectivity index (χ2n) is 5.89. The number of hydrogen-bond donors (Lipinski definition) is 1. The predicted octanol–water partition coefficient (Wildman–Crippen LogP) is 1.10. The van der Waals surface area contributed by atoms with Gasteiger partial charge in [0, 0.05) is 13.0 Å². The van der Waals surface area contributed by atoms with Gasteiger partial charge in [-0.15, -0.1) is 5.10 Å². The summed E-state index contributed by atoms with van der Waals surface area (Å²) in [6.07, 6.45) is 0.361. The summed E-state index contributed by atoms with van der Waals surface area (Å²) in [6.45, 7) is 4.94. The molecule has 1 N–H and O–H groups in total. The highest BCUT2D eigenvalue weighted by Crippen LogP contribution is 2.17. The number of aryl methyl sites for hydroxylation is 3. The van der Waals surface area contributed by atoms with Crippen molar-refractivity contribution < 1.29 is 4.79 Å². The minimum absolute atomic E-state index is 0.00105. The number of nitrogens with one attached hydrogen (secondary N) is 1. The van der Waals surface area contributed by atoms with Gasteiger partial charge < -0.3 is 10.2 Å². The fourth-order valence-electron chi connectivity index (χ4n) is 2.35. The Labute approximate surface area is 136 Å². The van der Waals surface area contributed by atoms with Crippen LogP contribution in [0.4, 0.5) is 0 Å². The molecule has 0 aliphatic rings. The number of nitrogens with zero attached hydrogens (tertiary/aromatic N) is 5. The van der Waals surface area contributed by atoms with Gasteiger partial charge in [0.25, 0.3) is 0 Å². The van der Waals surface area contributed by atoms with E-state index in [0.29, 0.717) is 25.3 Å². The highest BCUT2D eigenvalue weighted by Gasteiger charge is 2.15. The summed E-state index contributed by atoms with van der Waals surface area (Å²) in [6, 6.07) is 8.55. The van der Waals surface area contributed by atoms with Crippen LogP contribution in [0.3, 0.4) is 0 Å². The topological polar surface area (TPSA) is 75.9 Å². The zero-order valence-electron chi connectivity index (χ0n) is 14.2. The van der Waals surface area contributed by atoms with Crippen molar-refractivity contribution in [2.45, 2.75) is 32.9 Å². The quantitative estimate of drug-likeness (QED) is 0.828. The molecule has 7 heteroatoms. The van der Waals surface area contributed by atoms with Crippen LogP contribution in [0, 0.1) is 13.8 Å². The molecule has 0 saturated carbocycles. The summed E-state index contributed by atoms with van der Waals surface area (Å²) in [7, 11) is 4.03. The van der Waals surface area contributed by atoms with Crippen molar-refractivity contribution in [1.29, 1.82) is 0 Å². The fourth-order valence-corrected chi connectivity index (χ4v) is 2.35. The molecule has 0 saturated heterocycles. The summed E-state index contributed by atoms with van der Waals surface area (Å²) in [5.74, 6) is 0.711. The highest BCUT2D eigenvalue weighted by atomic mass is 16.1. The number of likely N-dealkylation sites (N-methyl/N-ethyl adjacent to an activating group) is 1. The lowest BCUT2D eigenvalue weighted by molar-refractivity contribution is -0.121. The molecule has 1 aromatic carbocycles. The average molecular weight is 316 g/mol. The van der Waals surface area contributed by atoms with E-state index in [0.717, 1.165) is 0 Å². The molecule has 1 atom stereocenters. The number of hydrogen-bond acceptors (Lipinski definition) is 5. The minimum Gasteiger partial charge on any atom is -0.354 e. The van der Waals surface area contributed by atoms with E-state index in [1.165, 1.54) is 11.1 Å². The Morgan fingerprint density at radius 2 is 1.96 bits per heavy atom. The van der Waals surface area contributed by atoms with Crippen molar-refractivity contribution in [2.75, 3.05) is 20.6 Å². The number of aromatic nitrogens is 4. The Morgan fingerprint density at radius 3 is 2.52 bits per heavy atom. The molecular weight excluding hydrogens is 292 g/mol. The second-order valence-corrected chi connectivity index (χ2v) is 5.89. The van der Waals surface area contributed by atoms with E-state index in [-0.39, 0.29) is 11.9 Å². The van der Waals surface area contributed by atoms with E-state index in [4.69, 9.17) is 0 Å². The minimum atomic E-state index is -0.00105. The number of carbonyl (C=O) groups excluding carboxylic acids is 1. The SMILES string of the molecule is Cc1ccc([C@H](CNC(=O)CCn2nnnc2C)N(C)C)cc1. The Balaban J connectivity index is 1.87. The van der Waals surface area contributed by atoms with Gasteiger partial charge >= 0.3 is 0 Å². The summed E-state index contributed by atoms with van der Waals surface area (Å²) >= 11 is 0. The molecule has 7 nitrogen and oxygen atoms in total. The molecule has 0 spiro atoms. The van der Waals surface area contributed by atoms with Gasteiger partial charge in [0.05, 0.1) is 12.6 Å². The molecule has 23 heavy (non-hydrogen) atoms. The van der Waals surface area contributed by atoms with E-state index < -0.39 is 0 Å². The first kappa shape index (κ1) is 17.1. The Morgan fingerprint density at radius 1 is 1.26 bits per heavy atom. The molecule has 2 rings (SSSR count). The van der Waals surface area contributed by atoms with Gasteiger partial charge in [0.1, 0.15) is 5.82 Å². The van der Waals surface area contributed by atoms with Crippen LogP contribution in [0.2, 0.25) is 0 Å². The smallest absolute Gasteiger partial charge is 0.221 e. The number of rotatable bonds is 7. The maximum atomic E-state index is 12.1. The maximum absolute atomic E-state index is 12.1. The van der Waals surface area contributed by atoms with Crippen molar-refractivity contribution >= 4 is 5.91 Å². The van der Waals surface area contributed by atoms with Crippen LogP contribution >= 0.6 is 0 Å². The molecule has 1 aromatic heterocycles. The van der Waals surface area contributed by atoms with Crippen LogP contribution in [0.25, 0.3) is 0 Å². The van der Waals surface area contributed by atoms with Crippen LogP contribution in [-0.4, -0.2) is 51.7 Å². The van der Waals surface area contributed by atoms with Gasteiger partial charge in [-0.1, -0.05) is 29.8 Å². The number of tetrazole rings is 1. The monoisotopic (exact) mass is 316 g/mol. The summed E-state index contributed by atoms with van der Waals surface area (Å²) in [5, 5.41) is 14.2. The van der Waals surface area contributed by atoms with E-state index in [9.17, 15) is 4.79 Å². The Bertz CT molecular complexity index is 634. The molecule has 0 unspecified atom stereocenters. The lowest BCUT2D eigenvalue weighted by Gasteiger charge is -2.25. The van der Waals surface area contributed by atoms with Crippen molar-refractivity contribution in [1.82, 2.24) is 30.4 Å². The van der Waals surface area contributed by atoms with Crippen LogP contribution in [0.15, 0.2) is 24.3 Å². The Hall–Kier alpha value is -2.28. The van der Waals surface area contributed by atoms with Crippen LogP contribution < -0.4 is 5.32 Å². The van der Waals surface area contributed by atoms with Gasteiger partial charge in [-0.05, 0) is 43.9 Å². The zero-order valence-corrected chi connectivity index (χ0v) is 14.2. The molecule has 1 heterocycles. The third-order valence-electron chi connectivity index (χ3n) is 3.84.